The van der Waals surface area contributed by atoms with Crippen LogP contribution in [-0.2, 0) is 4.79 Å². The number of benzene rings is 1. The zero-order chi connectivity index (χ0) is 17.4. The van der Waals surface area contributed by atoms with Gasteiger partial charge in [-0.25, -0.2) is 4.98 Å². The molecular weight excluding hydrogens is 358 g/mol. The Labute approximate surface area is 153 Å². The quantitative estimate of drug-likeness (QED) is 0.693. The molecule has 1 saturated heterocycles. The van der Waals surface area contributed by atoms with Crippen LogP contribution in [0, 0.1) is 5.92 Å². The number of carboxylic acid groups (broad SMARTS) is 1. The van der Waals surface area contributed by atoms with Crippen LogP contribution < -0.4 is 4.90 Å². The predicted octanol–water partition coefficient (Wildman–Crippen LogP) is 4.31. The van der Waals surface area contributed by atoms with E-state index in [0.29, 0.717) is 25.9 Å². The minimum Gasteiger partial charge on any atom is -0.481 e. The molecule has 1 aromatic carbocycles. The van der Waals surface area contributed by atoms with Crippen molar-refractivity contribution in [3.8, 4) is 10.4 Å². The molecule has 5 nitrogen and oxygen atoms in total. The second-order valence-electron chi connectivity index (χ2n) is 6.11. The van der Waals surface area contributed by atoms with E-state index in [1.54, 1.807) is 11.3 Å². The first kappa shape index (κ1) is 16.3. The van der Waals surface area contributed by atoms with Crippen LogP contribution in [0.3, 0.4) is 0 Å². The van der Waals surface area contributed by atoms with Crippen molar-refractivity contribution in [2.45, 2.75) is 12.8 Å². The van der Waals surface area contributed by atoms with Gasteiger partial charge in [0.25, 0.3) is 0 Å². The zero-order valence-electron chi connectivity index (χ0n) is 13.4. The molecule has 3 aromatic rings. The van der Waals surface area contributed by atoms with E-state index < -0.39 is 5.97 Å². The monoisotopic (exact) mass is 373 g/mol. The number of carboxylic acids is 1. The highest BCUT2D eigenvalue weighted by Gasteiger charge is 2.27. The van der Waals surface area contributed by atoms with Gasteiger partial charge in [0.05, 0.1) is 11.3 Å². The van der Waals surface area contributed by atoms with Crippen molar-refractivity contribution < 1.29 is 9.90 Å². The second-order valence-corrected chi connectivity index (χ2v) is 7.48. The fourth-order valence-corrected chi connectivity index (χ4v) is 4.45. The van der Waals surface area contributed by atoms with Gasteiger partial charge in [0.15, 0.2) is 0 Å². The van der Waals surface area contributed by atoms with Crippen molar-refractivity contribution in [3.63, 3.8) is 0 Å². The van der Waals surface area contributed by atoms with Crippen LogP contribution in [0.15, 0.2) is 36.4 Å². The van der Waals surface area contributed by atoms with E-state index >= 15 is 0 Å². The molecular formula is C18H16ClN3O2S. The van der Waals surface area contributed by atoms with Crippen molar-refractivity contribution in [2.75, 3.05) is 18.0 Å². The number of rotatable bonds is 3. The second kappa shape index (κ2) is 6.61. The maximum absolute atomic E-state index is 11.2. The summed E-state index contributed by atoms with van der Waals surface area (Å²) in [7, 11) is 0. The summed E-state index contributed by atoms with van der Waals surface area (Å²) >= 11 is 7.73. The fraction of sp³-hybridized carbons (Fsp3) is 0.278. The van der Waals surface area contributed by atoms with Crippen LogP contribution in [0.1, 0.15) is 12.8 Å². The molecule has 0 saturated carbocycles. The molecule has 1 aliphatic heterocycles. The number of anilines is 1. The zero-order valence-corrected chi connectivity index (χ0v) is 14.9. The summed E-state index contributed by atoms with van der Waals surface area (Å²) in [5.41, 5.74) is 1.14. The normalized spacial score (nSPS) is 15.6. The summed E-state index contributed by atoms with van der Waals surface area (Å²) in [6, 6.07) is 12.2. The number of thiophene rings is 1. The number of aromatic nitrogens is 2. The van der Waals surface area contributed by atoms with E-state index in [1.807, 2.05) is 18.2 Å². The van der Waals surface area contributed by atoms with Gasteiger partial charge >= 0.3 is 5.97 Å². The summed E-state index contributed by atoms with van der Waals surface area (Å²) in [6.07, 6.45) is 1.24. The van der Waals surface area contributed by atoms with Crippen LogP contribution in [0.25, 0.3) is 20.7 Å². The fourth-order valence-electron chi connectivity index (χ4n) is 3.21. The van der Waals surface area contributed by atoms with Crippen molar-refractivity contribution in [1.29, 1.82) is 0 Å². The van der Waals surface area contributed by atoms with E-state index in [9.17, 15) is 9.90 Å². The predicted molar refractivity (Wildman–Crippen MR) is 100 cm³/mol. The molecule has 0 radical (unpaired) electrons. The highest BCUT2D eigenvalue weighted by Crippen LogP contribution is 2.38. The van der Waals surface area contributed by atoms with Gasteiger partial charge in [0, 0.05) is 18.0 Å². The highest BCUT2D eigenvalue weighted by atomic mass is 35.5. The molecule has 4 rings (SSSR count). The van der Waals surface area contributed by atoms with Gasteiger partial charge in [-0.15, -0.1) is 11.3 Å². The first-order valence-electron chi connectivity index (χ1n) is 8.12. The van der Waals surface area contributed by atoms with E-state index in [4.69, 9.17) is 11.6 Å². The third-order valence-corrected chi connectivity index (χ3v) is 5.79. The standard InChI is InChI=1S/C18H16ClN3O2S/c19-18-20-15(22-8-6-12(7-9-22)17(23)24)13-10-14(25-16(13)21-18)11-4-2-1-3-5-11/h1-5,10,12H,6-9H2,(H,23,24). The molecule has 25 heavy (non-hydrogen) atoms. The smallest absolute Gasteiger partial charge is 0.306 e. The number of piperidine rings is 1. The van der Waals surface area contributed by atoms with Crippen LogP contribution in [0.4, 0.5) is 5.82 Å². The molecule has 1 aliphatic rings. The lowest BCUT2D eigenvalue weighted by atomic mass is 9.97. The Morgan fingerprint density at radius 3 is 2.60 bits per heavy atom. The number of fused-ring (bicyclic) bond motifs is 1. The summed E-state index contributed by atoms with van der Waals surface area (Å²) in [4.78, 5) is 24.1. The molecule has 0 aliphatic carbocycles. The Bertz CT molecular complexity index is 921. The molecule has 0 bridgehead atoms. The lowest BCUT2D eigenvalue weighted by Gasteiger charge is -2.31. The largest absolute Gasteiger partial charge is 0.481 e. The Balaban J connectivity index is 1.72. The lowest BCUT2D eigenvalue weighted by molar-refractivity contribution is -0.142. The van der Waals surface area contributed by atoms with E-state index in [0.717, 1.165) is 26.5 Å². The van der Waals surface area contributed by atoms with Crippen molar-refractivity contribution in [2.24, 2.45) is 5.92 Å². The first-order chi connectivity index (χ1) is 12.1. The summed E-state index contributed by atoms with van der Waals surface area (Å²) < 4.78 is 0. The third kappa shape index (κ3) is 3.19. The van der Waals surface area contributed by atoms with E-state index in [-0.39, 0.29) is 11.2 Å². The van der Waals surface area contributed by atoms with Crippen molar-refractivity contribution in [3.05, 3.63) is 41.7 Å². The molecule has 128 valence electrons. The van der Waals surface area contributed by atoms with Gasteiger partial charge in [-0.3, -0.25) is 4.79 Å². The van der Waals surface area contributed by atoms with Gasteiger partial charge < -0.3 is 10.0 Å². The maximum atomic E-state index is 11.2. The number of aliphatic carboxylic acids is 1. The maximum Gasteiger partial charge on any atom is 0.306 e. The molecule has 0 atom stereocenters. The molecule has 7 heteroatoms. The summed E-state index contributed by atoms with van der Waals surface area (Å²) in [5, 5.41) is 10.4. The van der Waals surface area contributed by atoms with Crippen LogP contribution in [0.2, 0.25) is 5.28 Å². The minimum absolute atomic E-state index is 0.226. The van der Waals surface area contributed by atoms with E-state index in [2.05, 4.69) is 33.1 Å². The average Bonchev–Trinajstić information content (AvgIpc) is 3.05. The van der Waals surface area contributed by atoms with Crippen molar-refractivity contribution >= 4 is 44.9 Å². The van der Waals surface area contributed by atoms with Crippen molar-refractivity contribution in [1.82, 2.24) is 9.97 Å². The summed E-state index contributed by atoms with van der Waals surface area (Å²) in [6.45, 7) is 1.33. The van der Waals surface area contributed by atoms with Crippen LogP contribution in [0.5, 0.6) is 0 Å². The van der Waals surface area contributed by atoms with E-state index in [1.165, 1.54) is 0 Å². The minimum atomic E-state index is -0.715. The number of hydrogen-bond donors (Lipinski definition) is 1. The molecule has 0 spiro atoms. The van der Waals surface area contributed by atoms with Gasteiger partial charge in [-0.2, -0.15) is 4.98 Å². The number of nitrogens with zero attached hydrogens (tertiary/aromatic N) is 3. The number of carbonyl (C=O) groups is 1. The van der Waals surface area contributed by atoms with Crippen LogP contribution in [-0.4, -0.2) is 34.1 Å². The van der Waals surface area contributed by atoms with Gasteiger partial charge in [0.2, 0.25) is 5.28 Å². The number of hydrogen-bond acceptors (Lipinski definition) is 5. The average molecular weight is 374 g/mol. The Morgan fingerprint density at radius 1 is 1.20 bits per heavy atom. The SMILES string of the molecule is O=C(O)C1CCN(c2nc(Cl)nc3sc(-c4ccccc4)cc23)CC1. The molecule has 0 unspecified atom stereocenters. The van der Waals surface area contributed by atoms with Gasteiger partial charge in [0.1, 0.15) is 10.6 Å². The highest BCUT2D eigenvalue weighted by molar-refractivity contribution is 7.22. The first-order valence-corrected chi connectivity index (χ1v) is 9.31. The molecule has 0 amide bonds. The molecule has 2 aromatic heterocycles. The Kier molecular flexibility index (Phi) is 4.31. The van der Waals surface area contributed by atoms with Crippen LogP contribution >= 0.6 is 22.9 Å². The Morgan fingerprint density at radius 2 is 1.92 bits per heavy atom. The topological polar surface area (TPSA) is 66.3 Å². The molecule has 1 N–H and O–H groups in total. The molecule has 1 fully saturated rings. The Hall–Kier alpha value is -2.18. The summed E-state index contributed by atoms with van der Waals surface area (Å²) in [5.74, 6) is -0.184. The van der Waals surface area contributed by atoms with Gasteiger partial charge in [-0.1, -0.05) is 30.3 Å². The van der Waals surface area contributed by atoms with Gasteiger partial charge in [-0.05, 0) is 36.1 Å². The molecule has 3 heterocycles. The third-order valence-electron chi connectivity index (χ3n) is 4.55. The lowest BCUT2D eigenvalue weighted by Crippen LogP contribution is -2.36. The number of halogens is 1.